The minimum absolute atomic E-state index is 0. The average molecular weight is 1090 g/mol. The number of hydrogen-bond donors (Lipinski definition) is 0. The zero-order valence-corrected chi connectivity index (χ0v) is 52.9. The number of allylic oxidation sites excluding steroid dienone is 4. The molecule has 0 radical (unpaired) electrons. The molecule has 0 aliphatic heterocycles. The monoisotopic (exact) mass is 1090 g/mol. The molecule has 0 aromatic heterocycles. The van der Waals surface area contributed by atoms with E-state index in [1.54, 1.807) is 0 Å². The summed E-state index contributed by atoms with van der Waals surface area (Å²) in [6.07, 6.45) is 64.1. The van der Waals surface area contributed by atoms with Gasteiger partial charge < -0.3 is 39.6 Å². The molecule has 0 aliphatic rings. The van der Waals surface area contributed by atoms with Crippen LogP contribution in [-0.4, -0.2) is 23.9 Å². The van der Waals surface area contributed by atoms with Gasteiger partial charge in [0.05, 0.1) is 0 Å². The van der Waals surface area contributed by atoms with E-state index in [1.165, 1.54) is 218 Å². The standard InChI is InChI=1S/2C18H34O2.2C12H24O2.2Zn/c2*1-2-3-4-5-6-7-8-9-10-11-12-13-14-15-16-17-18(19)20;2*1-2-3-4-5-6-7-8-9-10-11-12(13)14;;/h2*9-10H,2-8,11-17H2,1H3,(H,19,20);2*2-11H2,1H3,(H,13,14);;/q;;;;2*+2/p-4/b2*10-9-;;;;. The molecule has 404 valence electrons. The van der Waals surface area contributed by atoms with Crippen LogP contribution in [-0.2, 0) is 58.1 Å². The minimum Gasteiger partial charge on any atom is -0.550 e. The molecule has 0 heterocycles. The molecule has 0 unspecified atom stereocenters. The van der Waals surface area contributed by atoms with Gasteiger partial charge in [-0.25, -0.2) is 0 Å². The number of hydrogen-bond acceptors (Lipinski definition) is 8. The smallest absolute Gasteiger partial charge is 0.550 e. The van der Waals surface area contributed by atoms with Crippen molar-refractivity contribution in [3.8, 4) is 0 Å². The van der Waals surface area contributed by atoms with E-state index < -0.39 is 23.9 Å². The molecular weight excluding hydrogens is 979 g/mol. The molecule has 0 amide bonds. The molecule has 0 spiro atoms. The van der Waals surface area contributed by atoms with Crippen LogP contribution in [0.15, 0.2) is 24.3 Å². The molecule has 8 nitrogen and oxygen atoms in total. The van der Waals surface area contributed by atoms with Crippen molar-refractivity contribution in [1.29, 1.82) is 0 Å². The number of aliphatic carboxylic acids is 4. The van der Waals surface area contributed by atoms with Crippen molar-refractivity contribution >= 4 is 23.9 Å². The Bertz CT molecular complexity index is 985. The van der Waals surface area contributed by atoms with Crippen LogP contribution in [0.5, 0.6) is 0 Å². The van der Waals surface area contributed by atoms with E-state index in [-0.39, 0.29) is 64.6 Å². The first-order chi connectivity index (χ1) is 33.1. The molecule has 0 aromatic rings. The summed E-state index contributed by atoms with van der Waals surface area (Å²) in [5, 5.41) is 40.6. The fourth-order valence-electron chi connectivity index (χ4n) is 7.84. The Balaban J connectivity index is -0.000000196. The molecule has 0 saturated carbocycles. The van der Waals surface area contributed by atoms with Crippen LogP contribution in [0, 0.1) is 0 Å². The van der Waals surface area contributed by atoms with Gasteiger partial charge in [0.25, 0.3) is 0 Å². The Hall–Kier alpha value is -1.39. The summed E-state index contributed by atoms with van der Waals surface area (Å²) in [7, 11) is 0. The summed E-state index contributed by atoms with van der Waals surface area (Å²) < 4.78 is 0. The average Bonchev–Trinajstić information content (AvgIpc) is 3.30. The first-order valence-corrected chi connectivity index (χ1v) is 29.2. The molecule has 0 atom stereocenters. The molecule has 0 saturated heterocycles. The zero-order valence-electron chi connectivity index (χ0n) is 46.9. The van der Waals surface area contributed by atoms with Gasteiger partial charge in [0.2, 0.25) is 0 Å². The topological polar surface area (TPSA) is 161 Å². The van der Waals surface area contributed by atoms with Crippen molar-refractivity contribution < 1.29 is 78.6 Å². The van der Waals surface area contributed by atoms with Gasteiger partial charge in [-0.1, -0.05) is 257 Å². The molecule has 0 aromatic carbocycles. The Morgan fingerprint density at radius 1 is 0.229 bits per heavy atom. The Morgan fingerprint density at radius 2 is 0.357 bits per heavy atom. The summed E-state index contributed by atoms with van der Waals surface area (Å²) in [6.45, 7) is 8.96. The molecule has 0 rings (SSSR count). The Kier molecular flexibility index (Phi) is 87.5. The minimum atomic E-state index is -0.914. The van der Waals surface area contributed by atoms with E-state index in [0.29, 0.717) is 0 Å². The van der Waals surface area contributed by atoms with E-state index in [0.717, 1.165) is 64.2 Å². The second-order valence-electron chi connectivity index (χ2n) is 19.3. The number of carbonyl (C=O) groups is 4. The molecule has 10 heteroatoms. The fourth-order valence-corrected chi connectivity index (χ4v) is 7.84. The van der Waals surface area contributed by atoms with Crippen LogP contribution in [0.2, 0.25) is 0 Å². The maximum absolute atomic E-state index is 10.2. The van der Waals surface area contributed by atoms with Gasteiger partial charge >= 0.3 is 39.0 Å². The van der Waals surface area contributed by atoms with Gasteiger partial charge in [0.15, 0.2) is 0 Å². The molecule has 0 aliphatic carbocycles. The summed E-state index contributed by atoms with van der Waals surface area (Å²) in [4.78, 5) is 40.6. The third-order valence-electron chi connectivity index (χ3n) is 12.3. The van der Waals surface area contributed by atoms with Crippen LogP contribution in [0.4, 0.5) is 0 Å². The molecule has 0 N–H and O–H groups in total. The van der Waals surface area contributed by atoms with Crippen molar-refractivity contribution in [3.05, 3.63) is 24.3 Å². The first kappa shape index (κ1) is 80.0. The van der Waals surface area contributed by atoms with Gasteiger partial charge in [-0.15, -0.1) is 0 Å². The van der Waals surface area contributed by atoms with E-state index in [2.05, 4.69) is 52.0 Å². The van der Waals surface area contributed by atoms with Crippen molar-refractivity contribution in [3.63, 3.8) is 0 Å². The van der Waals surface area contributed by atoms with Crippen molar-refractivity contribution in [2.24, 2.45) is 0 Å². The van der Waals surface area contributed by atoms with Crippen molar-refractivity contribution in [1.82, 2.24) is 0 Å². The second-order valence-corrected chi connectivity index (χ2v) is 19.3. The third kappa shape index (κ3) is 96.1. The Morgan fingerprint density at radius 3 is 0.500 bits per heavy atom. The van der Waals surface area contributed by atoms with Crippen LogP contribution < -0.4 is 20.4 Å². The normalized spacial score (nSPS) is 10.6. The Labute approximate surface area is 459 Å². The molecule has 0 bridgehead atoms. The number of carbonyl (C=O) groups excluding carboxylic acids is 4. The summed E-state index contributed by atoms with van der Waals surface area (Å²) in [6, 6.07) is 0. The fraction of sp³-hybridized carbons (Fsp3) is 0.867. The summed E-state index contributed by atoms with van der Waals surface area (Å²) in [5.41, 5.74) is 0. The van der Waals surface area contributed by atoms with Gasteiger partial charge in [-0.05, 0) is 103 Å². The second kappa shape index (κ2) is 76.5. The SMILES string of the molecule is CCCCCCCC/C=C\CCCCCCCC(=O)[O-].CCCCCCCC/C=C\CCCCCCCC(=O)[O-].CCCCCCCCCCCC(=O)[O-].CCCCCCCCCCCC(=O)[O-].[Zn+2].[Zn+2]. The van der Waals surface area contributed by atoms with E-state index >= 15 is 0 Å². The molecule has 0 fully saturated rings. The molecule has 70 heavy (non-hydrogen) atoms. The van der Waals surface area contributed by atoms with Crippen LogP contribution >= 0.6 is 0 Å². The predicted molar refractivity (Wildman–Crippen MR) is 283 cm³/mol. The first-order valence-electron chi connectivity index (χ1n) is 29.2. The third-order valence-corrected chi connectivity index (χ3v) is 12.3. The largest absolute Gasteiger partial charge is 2.00 e. The van der Waals surface area contributed by atoms with E-state index in [9.17, 15) is 39.6 Å². The van der Waals surface area contributed by atoms with Crippen molar-refractivity contribution in [2.75, 3.05) is 0 Å². The predicted octanol–water partition coefficient (Wildman–Crippen LogP) is 14.9. The van der Waals surface area contributed by atoms with Crippen molar-refractivity contribution in [2.45, 2.75) is 336 Å². The number of rotatable bonds is 50. The summed E-state index contributed by atoms with van der Waals surface area (Å²) >= 11 is 0. The number of unbranched alkanes of at least 4 members (excludes halogenated alkanes) is 38. The van der Waals surface area contributed by atoms with Crippen LogP contribution in [0.1, 0.15) is 336 Å². The van der Waals surface area contributed by atoms with Crippen LogP contribution in [0.25, 0.3) is 0 Å². The molecular formula is C60H112O8Zn2. The van der Waals surface area contributed by atoms with Gasteiger partial charge in [-0.2, -0.15) is 0 Å². The van der Waals surface area contributed by atoms with Gasteiger partial charge in [0.1, 0.15) is 0 Å². The maximum atomic E-state index is 10.2. The summed E-state index contributed by atoms with van der Waals surface area (Å²) in [5.74, 6) is -3.65. The zero-order chi connectivity index (χ0) is 51.1. The van der Waals surface area contributed by atoms with E-state index in [4.69, 9.17) is 0 Å². The number of carboxylic acid groups (broad SMARTS) is 4. The quantitative estimate of drug-likeness (QED) is 0.0330. The number of carboxylic acids is 4. The van der Waals surface area contributed by atoms with Crippen LogP contribution in [0.3, 0.4) is 0 Å². The van der Waals surface area contributed by atoms with E-state index in [1.807, 2.05) is 0 Å². The van der Waals surface area contributed by atoms with Gasteiger partial charge in [-0.3, -0.25) is 0 Å². The van der Waals surface area contributed by atoms with Gasteiger partial charge in [0, 0.05) is 23.9 Å². The maximum Gasteiger partial charge on any atom is 2.00 e.